The van der Waals surface area contributed by atoms with Crippen LogP contribution in [0.15, 0.2) is 26.9 Å². The number of carbonyl (C=O) groups is 2. The summed E-state index contributed by atoms with van der Waals surface area (Å²) in [7, 11) is 0. The van der Waals surface area contributed by atoms with E-state index < -0.39 is 18.0 Å². The maximum absolute atomic E-state index is 11.9. The predicted molar refractivity (Wildman–Crippen MR) is 92.4 cm³/mol. The van der Waals surface area contributed by atoms with Crippen LogP contribution in [0.5, 0.6) is 0 Å². The zero-order chi connectivity index (χ0) is 17.5. The molecule has 0 saturated carbocycles. The molecular formula is C16H21N3O4S. The maximum Gasteiger partial charge on any atom is 0.335 e. The minimum atomic E-state index is -0.692. The van der Waals surface area contributed by atoms with Crippen molar-refractivity contribution in [3.8, 4) is 0 Å². The molecule has 0 bridgehead atoms. The fourth-order valence-corrected chi connectivity index (χ4v) is 2.45. The Morgan fingerprint density at radius 3 is 2.79 bits per heavy atom. The molecule has 24 heavy (non-hydrogen) atoms. The van der Waals surface area contributed by atoms with Gasteiger partial charge in [0.05, 0.1) is 17.0 Å². The second kappa shape index (κ2) is 8.70. The summed E-state index contributed by atoms with van der Waals surface area (Å²) in [6.07, 6.45) is 0.173. The molecule has 1 aromatic rings. The maximum atomic E-state index is 11.9. The Bertz CT molecular complexity index is 684. The van der Waals surface area contributed by atoms with Crippen LogP contribution in [0.3, 0.4) is 0 Å². The molecule has 8 heteroatoms. The van der Waals surface area contributed by atoms with Gasteiger partial charge in [0.25, 0.3) is 5.91 Å². The van der Waals surface area contributed by atoms with Gasteiger partial charge >= 0.3 is 5.97 Å². The van der Waals surface area contributed by atoms with Gasteiger partial charge in [-0.1, -0.05) is 19.9 Å². The average Bonchev–Trinajstić information content (AvgIpc) is 3.01. The third kappa shape index (κ3) is 5.24. The molecule has 0 fully saturated rings. The minimum absolute atomic E-state index is 0.370. The number of hydrogen-bond acceptors (Lipinski definition) is 6. The van der Waals surface area contributed by atoms with Gasteiger partial charge in [-0.05, 0) is 31.4 Å². The van der Waals surface area contributed by atoms with E-state index in [9.17, 15) is 9.59 Å². The lowest BCUT2D eigenvalue weighted by Gasteiger charge is -2.13. The number of esters is 1. The van der Waals surface area contributed by atoms with Crippen molar-refractivity contribution >= 4 is 40.3 Å². The number of rotatable bonds is 8. The summed E-state index contributed by atoms with van der Waals surface area (Å²) in [4.78, 5) is 23.7. The highest BCUT2D eigenvalue weighted by molar-refractivity contribution is 7.58. The zero-order valence-corrected chi connectivity index (χ0v) is 14.8. The van der Waals surface area contributed by atoms with Crippen LogP contribution >= 0.6 is 0 Å². The van der Waals surface area contributed by atoms with Crippen LogP contribution < -0.4 is 5.32 Å². The van der Waals surface area contributed by atoms with E-state index in [2.05, 4.69) is 27.9 Å². The van der Waals surface area contributed by atoms with Crippen LogP contribution in [0.4, 0.5) is 17.1 Å². The molecule has 1 N–H and O–H groups in total. The van der Waals surface area contributed by atoms with Gasteiger partial charge in [-0.3, -0.25) is 4.79 Å². The van der Waals surface area contributed by atoms with Crippen LogP contribution in [0.1, 0.15) is 27.2 Å². The molecule has 1 aliphatic heterocycles. The first kappa shape index (κ1) is 18.3. The number of benzene rings is 1. The fourth-order valence-electron chi connectivity index (χ4n) is 1.90. The summed E-state index contributed by atoms with van der Waals surface area (Å²) in [5, 5.41) is 2.67. The van der Waals surface area contributed by atoms with Crippen LogP contribution in [0, 0.1) is 5.92 Å². The largest absolute Gasteiger partial charge is 0.454 e. The molecular weight excluding hydrogens is 330 g/mol. The standard InChI is InChI=1S/C16H21N3O4S/c1-10(2)7-8-22-11(3)16(21)23-9-14(20)17-12-5-4-6-13-15(12)19-24-18-13/h4-6,10-11H,7-9H2,1-3H3,(H,17,20). The number of amides is 1. The first-order chi connectivity index (χ1) is 11.5. The smallest absolute Gasteiger partial charge is 0.335 e. The topological polar surface area (TPSA) is 89.3 Å². The highest BCUT2D eigenvalue weighted by Crippen LogP contribution is 2.38. The molecule has 1 heterocycles. The van der Waals surface area contributed by atoms with Crippen molar-refractivity contribution in [2.75, 3.05) is 18.5 Å². The quantitative estimate of drug-likeness (QED) is 0.739. The molecule has 0 radical (unpaired) electrons. The van der Waals surface area contributed by atoms with E-state index in [1.165, 1.54) is 0 Å². The Labute approximate surface area is 144 Å². The molecule has 2 rings (SSSR count). The van der Waals surface area contributed by atoms with Gasteiger partial charge in [0, 0.05) is 6.61 Å². The summed E-state index contributed by atoms with van der Waals surface area (Å²) in [5.41, 5.74) is 1.87. The SMILES string of the molecule is CC(C)CCOC(C)C(=O)OCC(=O)Nc1cccc2c1N=S=N2. The number of ether oxygens (including phenoxy) is 2. The van der Waals surface area contributed by atoms with E-state index >= 15 is 0 Å². The van der Waals surface area contributed by atoms with Crippen LogP contribution in [0.25, 0.3) is 0 Å². The summed E-state index contributed by atoms with van der Waals surface area (Å²) >= 11 is 1.07. The molecule has 1 atom stereocenters. The molecule has 7 nitrogen and oxygen atoms in total. The number of hydrogen-bond donors (Lipinski definition) is 1. The molecule has 0 aliphatic carbocycles. The van der Waals surface area contributed by atoms with Crippen molar-refractivity contribution < 1.29 is 19.1 Å². The highest BCUT2D eigenvalue weighted by atomic mass is 32.1. The van der Waals surface area contributed by atoms with Gasteiger partial charge in [0.15, 0.2) is 12.7 Å². The van der Waals surface area contributed by atoms with E-state index in [-0.39, 0.29) is 6.61 Å². The van der Waals surface area contributed by atoms with E-state index in [4.69, 9.17) is 9.47 Å². The van der Waals surface area contributed by atoms with Crippen molar-refractivity contribution in [1.29, 1.82) is 0 Å². The molecule has 1 amide bonds. The molecule has 0 spiro atoms. The number of carbonyl (C=O) groups excluding carboxylic acids is 2. The Kier molecular flexibility index (Phi) is 6.62. The summed E-state index contributed by atoms with van der Waals surface area (Å²) < 4.78 is 18.6. The summed E-state index contributed by atoms with van der Waals surface area (Å²) in [6.45, 7) is 5.88. The number of nitrogens with zero attached hydrogens (tertiary/aromatic N) is 2. The monoisotopic (exact) mass is 351 g/mol. The lowest BCUT2D eigenvalue weighted by molar-refractivity contribution is -0.158. The molecule has 0 aromatic heterocycles. The van der Waals surface area contributed by atoms with Gasteiger partial charge in [-0.15, -0.1) is 0 Å². The predicted octanol–water partition coefficient (Wildman–Crippen LogP) is 3.35. The lowest BCUT2D eigenvalue weighted by atomic mass is 10.1. The van der Waals surface area contributed by atoms with Gasteiger partial charge in [-0.2, -0.15) is 8.73 Å². The van der Waals surface area contributed by atoms with E-state index in [0.29, 0.717) is 29.6 Å². The van der Waals surface area contributed by atoms with E-state index in [1.54, 1.807) is 19.1 Å². The summed E-state index contributed by atoms with van der Waals surface area (Å²) in [6, 6.07) is 5.31. The third-order valence-corrected chi connectivity index (χ3v) is 3.84. The number of anilines is 1. The minimum Gasteiger partial charge on any atom is -0.454 e. The van der Waals surface area contributed by atoms with Crippen LogP contribution in [-0.2, 0) is 30.4 Å². The van der Waals surface area contributed by atoms with Gasteiger partial charge in [0.1, 0.15) is 11.4 Å². The van der Waals surface area contributed by atoms with Crippen molar-refractivity contribution in [2.24, 2.45) is 14.6 Å². The Balaban J connectivity index is 1.76. The van der Waals surface area contributed by atoms with Crippen molar-refractivity contribution in [3.63, 3.8) is 0 Å². The van der Waals surface area contributed by atoms with Gasteiger partial charge in [-0.25, -0.2) is 4.79 Å². The first-order valence-corrected chi connectivity index (χ1v) is 8.49. The fraction of sp³-hybridized carbons (Fsp3) is 0.500. The van der Waals surface area contributed by atoms with Crippen LogP contribution in [0.2, 0.25) is 0 Å². The van der Waals surface area contributed by atoms with E-state index in [0.717, 1.165) is 17.8 Å². The molecule has 1 unspecified atom stereocenters. The highest BCUT2D eigenvalue weighted by Gasteiger charge is 2.18. The molecule has 0 saturated heterocycles. The molecule has 1 aromatic carbocycles. The van der Waals surface area contributed by atoms with Crippen molar-refractivity contribution in [1.82, 2.24) is 0 Å². The lowest BCUT2D eigenvalue weighted by Crippen LogP contribution is -2.28. The van der Waals surface area contributed by atoms with Crippen molar-refractivity contribution in [3.05, 3.63) is 18.2 Å². The van der Waals surface area contributed by atoms with Gasteiger partial charge in [0.2, 0.25) is 0 Å². The number of fused-ring (bicyclic) bond motifs is 1. The summed E-state index contributed by atoms with van der Waals surface area (Å²) in [5.74, 6) is -0.484. The second-order valence-electron chi connectivity index (χ2n) is 5.79. The molecule has 130 valence electrons. The second-order valence-corrected chi connectivity index (χ2v) is 6.32. The zero-order valence-electron chi connectivity index (χ0n) is 13.9. The number of nitrogens with one attached hydrogen (secondary N) is 1. The Morgan fingerprint density at radius 1 is 1.25 bits per heavy atom. The average molecular weight is 351 g/mol. The third-order valence-electron chi connectivity index (χ3n) is 3.30. The van der Waals surface area contributed by atoms with E-state index in [1.807, 2.05) is 6.07 Å². The Morgan fingerprint density at radius 2 is 2.04 bits per heavy atom. The normalized spacial score (nSPS) is 13.3. The van der Waals surface area contributed by atoms with Gasteiger partial charge < -0.3 is 14.8 Å². The first-order valence-electron chi connectivity index (χ1n) is 7.76. The van der Waals surface area contributed by atoms with Crippen LogP contribution in [-0.4, -0.2) is 31.2 Å². The Hall–Kier alpha value is -2.06. The van der Waals surface area contributed by atoms with Crippen molar-refractivity contribution in [2.45, 2.75) is 33.3 Å². The molecule has 1 aliphatic rings.